The maximum atomic E-state index is 12.9. The second-order valence-electron chi connectivity index (χ2n) is 9.41. The lowest BCUT2D eigenvalue weighted by atomic mass is 9.57. The molecule has 2 unspecified atom stereocenters. The topological polar surface area (TPSA) is 205 Å². The van der Waals surface area contributed by atoms with Crippen LogP contribution in [0.15, 0.2) is 121 Å². The van der Waals surface area contributed by atoms with E-state index in [4.69, 9.17) is 43.2 Å². The Hall–Kier alpha value is -3.02. The van der Waals surface area contributed by atoms with Crippen LogP contribution in [0.25, 0.3) is 0 Å². The zero-order chi connectivity index (χ0) is 32.2. The quantitative estimate of drug-likeness (QED) is 0.0989. The van der Waals surface area contributed by atoms with Gasteiger partial charge in [-0.1, -0.05) is 121 Å². The summed E-state index contributed by atoms with van der Waals surface area (Å²) in [6.07, 6.45) is -0.416. The SMILES string of the molecule is CC(CO)OCC(O)(c1ccccc1)C(c1ccccc1)(c1ccccc1)c1ccccc1.O=P(O)(O)O.O=P(O)(O)O. The average molecular weight is 635 g/mol. The minimum absolute atomic E-state index is 0.00256. The van der Waals surface area contributed by atoms with Crippen molar-refractivity contribution in [1.29, 1.82) is 0 Å². The van der Waals surface area contributed by atoms with E-state index in [2.05, 4.69) is 36.4 Å². The number of aliphatic hydroxyl groups excluding tert-OH is 1. The van der Waals surface area contributed by atoms with Gasteiger partial charge in [-0.3, -0.25) is 0 Å². The van der Waals surface area contributed by atoms with E-state index in [1.54, 1.807) is 6.92 Å². The Kier molecular flexibility index (Phi) is 13.6. The van der Waals surface area contributed by atoms with Crippen molar-refractivity contribution < 1.29 is 53.4 Å². The normalized spacial score (nSPS) is 13.8. The lowest BCUT2D eigenvalue weighted by Gasteiger charge is -2.49. The van der Waals surface area contributed by atoms with Crippen LogP contribution in [0.5, 0.6) is 0 Å². The van der Waals surface area contributed by atoms with Crippen LogP contribution in [0.3, 0.4) is 0 Å². The first kappa shape index (κ1) is 36.2. The minimum atomic E-state index is -4.64. The van der Waals surface area contributed by atoms with Crippen molar-refractivity contribution in [3.8, 4) is 0 Å². The Morgan fingerprint density at radius 3 is 1.09 bits per heavy atom. The monoisotopic (exact) mass is 634 g/mol. The van der Waals surface area contributed by atoms with Gasteiger partial charge in [-0.15, -0.1) is 0 Å². The summed E-state index contributed by atoms with van der Waals surface area (Å²) in [6, 6.07) is 40.0. The molecule has 43 heavy (non-hydrogen) atoms. The number of rotatable bonds is 9. The molecule has 232 valence electrons. The summed E-state index contributed by atoms with van der Waals surface area (Å²) in [5, 5.41) is 22.5. The Bertz CT molecular complexity index is 1310. The molecular weight excluding hydrogens is 598 g/mol. The van der Waals surface area contributed by atoms with Crippen molar-refractivity contribution in [2.75, 3.05) is 13.2 Å². The molecule has 0 radical (unpaired) electrons. The van der Waals surface area contributed by atoms with Crippen LogP contribution in [-0.4, -0.2) is 58.9 Å². The molecule has 0 saturated heterocycles. The number of benzene rings is 4. The average Bonchev–Trinajstić information content (AvgIpc) is 2.97. The zero-order valence-electron chi connectivity index (χ0n) is 23.2. The molecule has 0 spiro atoms. The lowest BCUT2D eigenvalue weighted by molar-refractivity contribution is -0.109. The Labute approximate surface area is 249 Å². The van der Waals surface area contributed by atoms with E-state index in [9.17, 15) is 10.2 Å². The van der Waals surface area contributed by atoms with Crippen LogP contribution in [0.4, 0.5) is 0 Å². The number of phosphoric acid groups is 2. The van der Waals surface area contributed by atoms with Gasteiger partial charge in [0.25, 0.3) is 0 Å². The van der Waals surface area contributed by atoms with Gasteiger partial charge in [-0.25, -0.2) is 9.13 Å². The molecule has 13 heteroatoms. The highest BCUT2D eigenvalue weighted by Crippen LogP contribution is 2.52. The Morgan fingerprint density at radius 1 is 0.581 bits per heavy atom. The highest BCUT2D eigenvalue weighted by molar-refractivity contribution is 7.45. The highest BCUT2D eigenvalue weighted by Gasteiger charge is 2.55. The van der Waals surface area contributed by atoms with Gasteiger partial charge in [0, 0.05) is 0 Å². The molecule has 0 aliphatic carbocycles. The second-order valence-corrected chi connectivity index (χ2v) is 11.5. The number of aliphatic hydroxyl groups is 2. The number of hydrogen-bond donors (Lipinski definition) is 8. The third-order valence-electron chi connectivity index (χ3n) is 6.33. The van der Waals surface area contributed by atoms with E-state index in [1.807, 2.05) is 84.9 Å². The fourth-order valence-corrected chi connectivity index (χ4v) is 4.72. The molecule has 0 bridgehead atoms. The number of hydrogen-bond acceptors (Lipinski definition) is 5. The largest absolute Gasteiger partial charge is 0.466 e. The Morgan fingerprint density at radius 2 is 0.837 bits per heavy atom. The minimum Gasteiger partial charge on any atom is -0.394 e. The summed E-state index contributed by atoms with van der Waals surface area (Å²) in [5.74, 6) is 0. The first-order valence-corrected chi connectivity index (χ1v) is 16.0. The lowest BCUT2D eigenvalue weighted by Crippen LogP contribution is -2.54. The first-order valence-electron chi connectivity index (χ1n) is 12.9. The molecule has 2 atom stereocenters. The van der Waals surface area contributed by atoms with Gasteiger partial charge in [-0.2, -0.15) is 0 Å². The van der Waals surface area contributed by atoms with Gasteiger partial charge >= 0.3 is 15.6 Å². The molecule has 0 amide bonds. The predicted octanol–water partition coefficient (Wildman–Crippen LogP) is 3.45. The van der Waals surface area contributed by atoms with Gasteiger partial charge < -0.3 is 44.3 Å². The molecule has 0 aliphatic heterocycles. The van der Waals surface area contributed by atoms with E-state index in [0.717, 1.165) is 22.3 Å². The molecule has 4 aromatic rings. The van der Waals surface area contributed by atoms with Crippen LogP contribution >= 0.6 is 15.6 Å². The van der Waals surface area contributed by atoms with Gasteiger partial charge in [0.05, 0.1) is 24.7 Å². The predicted molar refractivity (Wildman–Crippen MR) is 161 cm³/mol. The second kappa shape index (κ2) is 16.2. The summed E-state index contributed by atoms with van der Waals surface area (Å²) >= 11 is 0. The molecule has 0 fully saturated rings. The van der Waals surface area contributed by atoms with E-state index < -0.39 is 32.8 Å². The smallest absolute Gasteiger partial charge is 0.394 e. The van der Waals surface area contributed by atoms with Crippen molar-refractivity contribution in [2.45, 2.75) is 24.0 Å². The summed E-state index contributed by atoms with van der Waals surface area (Å²) in [6.45, 7) is 1.68. The van der Waals surface area contributed by atoms with Crippen LogP contribution < -0.4 is 0 Å². The van der Waals surface area contributed by atoms with Gasteiger partial charge in [0.15, 0.2) is 0 Å². The first-order chi connectivity index (χ1) is 20.1. The summed E-state index contributed by atoms with van der Waals surface area (Å²) in [4.78, 5) is 43.1. The standard InChI is InChI=1S/C30H30O3.2H3O4P/c1-24(22-31)33-23-29(32,25-14-6-2-7-15-25)30(26-16-8-3-9-17-26,27-18-10-4-11-19-27)28-20-12-5-13-21-28;2*1-5(2,3)4/h2-21,24,31-32H,22-23H2,1H3;2*(H3,1,2,3,4). The van der Waals surface area contributed by atoms with E-state index >= 15 is 0 Å². The molecule has 0 aliphatic rings. The molecule has 4 aromatic carbocycles. The summed E-state index contributed by atoms with van der Waals surface area (Å²) in [5.41, 5.74) is 1.14. The molecule has 8 N–H and O–H groups in total. The molecular formula is C30H36O11P2. The van der Waals surface area contributed by atoms with E-state index in [1.165, 1.54) is 0 Å². The molecule has 11 nitrogen and oxygen atoms in total. The van der Waals surface area contributed by atoms with Gasteiger partial charge in [0.1, 0.15) is 5.60 Å². The highest BCUT2D eigenvalue weighted by atomic mass is 31.2. The van der Waals surface area contributed by atoms with Crippen molar-refractivity contribution >= 4 is 15.6 Å². The molecule has 0 heterocycles. The molecule has 0 saturated carbocycles. The molecule has 0 aromatic heterocycles. The van der Waals surface area contributed by atoms with Gasteiger partial charge in [0.2, 0.25) is 0 Å². The zero-order valence-corrected chi connectivity index (χ0v) is 25.0. The Balaban J connectivity index is 0.000000559. The fourth-order valence-electron chi connectivity index (χ4n) is 4.72. The van der Waals surface area contributed by atoms with Crippen molar-refractivity contribution in [1.82, 2.24) is 0 Å². The van der Waals surface area contributed by atoms with Crippen LogP contribution in [0, 0.1) is 0 Å². The van der Waals surface area contributed by atoms with Crippen molar-refractivity contribution in [2.24, 2.45) is 0 Å². The van der Waals surface area contributed by atoms with Crippen molar-refractivity contribution in [3.05, 3.63) is 144 Å². The van der Waals surface area contributed by atoms with E-state index in [0.29, 0.717) is 0 Å². The third kappa shape index (κ3) is 10.9. The van der Waals surface area contributed by atoms with Crippen LogP contribution in [-0.2, 0) is 24.9 Å². The van der Waals surface area contributed by atoms with Gasteiger partial charge in [-0.05, 0) is 29.2 Å². The van der Waals surface area contributed by atoms with E-state index in [-0.39, 0.29) is 13.2 Å². The maximum absolute atomic E-state index is 12.9. The maximum Gasteiger partial charge on any atom is 0.466 e. The van der Waals surface area contributed by atoms with Crippen LogP contribution in [0.2, 0.25) is 0 Å². The van der Waals surface area contributed by atoms with Crippen molar-refractivity contribution in [3.63, 3.8) is 0 Å². The summed E-state index contributed by atoms with van der Waals surface area (Å²) in [7, 11) is -9.28. The number of ether oxygens (including phenoxy) is 1. The fraction of sp³-hybridized carbons (Fsp3) is 0.200. The third-order valence-corrected chi connectivity index (χ3v) is 6.33. The molecule has 4 rings (SSSR count). The summed E-state index contributed by atoms with van der Waals surface area (Å²) < 4.78 is 23.8. The van der Waals surface area contributed by atoms with Crippen LogP contribution in [0.1, 0.15) is 29.2 Å².